The molecule has 0 aliphatic heterocycles. The van der Waals surface area contributed by atoms with E-state index in [0.717, 1.165) is 46.0 Å². The van der Waals surface area contributed by atoms with Gasteiger partial charge in [0.2, 0.25) is 0 Å². The van der Waals surface area contributed by atoms with Crippen molar-refractivity contribution in [3.05, 3.63) is 52.4 Å². The molecule has 132 valence electrons. The zero-order valence-corrected chi connectivity index (χ0v) is 16.7. The summed E-state index contributed by atoms with van der Waals surface area (Å²) >= 11 is 5.08. The van der Waals surface area contributed by atoms with E-state index < -0.39 is 0 Å². The van der Waals surface area contributed by atoms with Crippen LogP contribution in [0.5, 0.6) is 0 Å². The quantitative estimate of drug-likeness (QED) is 0.398. The second-order valence-electron chi connectivity index (χ2n) is 5.64. The number of nitrogens with zero attached hydrogens (tertiary/aromatic N) is 5. The molecule has 0 aromatic carbocycles. The summed E-state index contributed by atoms with van der Waals surface area (Å²) in [6.07, 6.45) is 4.60. The van der Waals surface area contributed by atoms with E-state index in [-0.39, 0.29) is 0 Å². The molecule has 26 heavy (non-hydrogen) atoms. The number of rotatable bonds is 7. The molecule has 0 aliphatic carbocycles. The molecule has 0 atom stereocenters. The van der Waals surface area contributed by atoms with Gasteiger partial charge in [-0.25, -0.2) is 4.98 Å². The molecule has 0 amide bonds. The average Bonchev–Trinajstić information content (AvgIpc) is 3.42. The highest BCUT2D eigenvalue weighted by Crippen LogP contribution is 2.30. The first kappa shape index (κ1) is 17.4. The monoisotopic (exact) mass is 399 g/mol. The Morgan fingerprint density at radius 1 is 1.08 bits per heavy atom. The Bertz CT molecular complexity index is 960. The second-order valence-corrected chi connectivity index (χ2v) is 8.22. The molecule has 0 spiro atoms. The van der Waals surface area contributed by atoms with Crippen molar-refractivity contribution >= 4 is 34.4 Å². The summed E-state index contributed by atoms with van der Waals surface area (Å²) in [5.41, 5.74) is 3.32. The summed E-state index contributed by atoms with van der Waals surface area (Å²) in [5.74, 6) is 1.69. The molecule has 0 unspecified atom stereocenters. The van der Waals surface area contributed by atoms with Crippen LogP contribution in [-0.4, -0.2) is 24.7 Å². The molecular weight excluding hydrogens is 382 g/mol. The number of aromatic nitrogens is 5. The van der Waals surface area contributed by atoms with Crippen LogP contribution in [0.2, 0.25) is 0 Å². The van der Waals surface area contributed by atoms with E-state index >= 15 is 0 Å². The molecule has 5 nitrogen and oxygen atoms in total. The molecule has 0 radical (unpaired) electrons. The summed E-state index contributed by atoms with van der Waals surface area (Å²) in [7, 11) is 0. The van der Waals surface area contributed by atoms with Crippen molar-refractivity contribution in [1.82, 2.24) is 24.7 Å². The molecule has 0 saturated heterocycles. The van der Waals surface area contributed by atoms with Crippen LogP contribution in [0.4, 0.5) is 0 Å². The minimum Gasteiger partial charge on any atom is -0.302 e. The summed E-state index contributed by atoms with van der Waals surface area (Å²) in [6.45, 7) is 3.06. The second kappa shape index (κ2) is 8.11. The van der Waals surface area contributed by atoms with Crippen LogP contribution in [-0.2, 0) is 12.3 Å². The van der Waals surface area contributed by atoms with Crippen molar-refractivity contribution in [3.63, 3.8) is 0 Å². The van der Waals surface area contributed by atoms with E-state index in [1.165, 1.54) is 5.56 Å². The maximum Gasteiger partial charge on any atom is 0.191 e. The molecule has 0 bridgehead atoms. The molecule has 4 aromatic rings. The van der Waals surface area contributed by atoms with Gasteiger partial charge in [0.25, 0.3) is 0 Å². The number of hydrogen-bond donors (Lipinski definition) is 0. The van der Waals surface area contributed by atoms with Crippen LogP contribution in [0.25, 0.3) is 22.0 Å². The SMILES string of the molecule is CCCn1c(SCc2csc(-c3ccsc3)n2)nnc1-c1ccncc1. The first-order valence-corrected chi connectivity index (χ1v) is 11.1. The fraction of sp³-hybridized carbons (Fsp3) is 0.222. The van der Waals surface area contributed by atoms with E-state index in [0.29, 0.717) is 0 Å². The van der Waals surface area contributed by atoms with Gasteiger partial charge < -0.3 is 4.57 Å². The van der Waals surface area contributed by atoms with Gasteiger partial charge in [-0.1, -0.05) is 18.7 Å². The van der Waals surface area contributed by atoms with Crippen LogP contribution in [0.15, 0.2) is 51.9 Å². The highest BCUT2D eigenvalue weighted by atomic mass is 32.2. The van der Waals surface area contributed by atoms with Gasteiger partial charge in [0.15, 0.2) is 11.0 Å². The molecule has 4 heterocycles. The molecule has 4 rings (SSSR count). The Labute approximate surface area is 164 Å². The van der Waals surface area contributed by atoms with Crippen molar-refractivity contribution in [1.29, 1.82) is 0 Å². The lowest BCUT2D eigenvalue weighted by Crippen LogP contribution is -2.02. The Balaban J connectivity index is 1.52. The maximum atomic E-state index is 4.75. The van der Waals surface area contributed by atoms with Gasteiger partial charge in [-0.2, -0.15) is 11.3 Å². The standard InChI is InChI=1S/C18H17N5S3/c1-2-8-23-16(13-3-6-19-7-4-13)21-22-18(23)26-12-15-11-25-17(20-15)14-5-9-24-10-14/h3-7,9-11H,2,8,12H2,1H3. The van der Waals surface area contributed by atoms with Gasteiger partial charge in [-0.3, -0.25) is 4.98 Å². The zero-order chi connectivity index (χ0) is 17.8. The van der Waals surface area contributed by atoms with Gasteiger partial charge in [0.05, 0.1) is 5.69 Å². The molecule has 0 fully saturated rings. The summed E-state index contributed by atoms with van der Waals surface area (Å²) in [4.78, 5) is 8.83. The lowest BCUT2D eigenvalue weighted by molar-refractivity contribution is 0.626. The summed E-state index contributed by atoms with van der Waals surface area (Å²) in [6, 6.07) is 6.05. The normalized spacial score (nSPS) is 11.1. The first-order valence-electron chi connectivity index (χ1n) is 8.28. The third-order valence-electron chi connectivity index (χ3n) is 3.77. The molecule has 8 heteroatoms. The van der Waals surface area contributed by atoms with E-state index in [9.17, 15) is 0 Å². The van der Waals surface area contributed by atoms with E-state index in [1.807, 2.05) is 12.1 Å². The summed E-state index contributed by atoms with van der Waals surface area (Å²) in [5, 5.41) is 17.2. The topological polar surface area (TPSA) is 56.5 Å². The molecule has 0 N–H and O–H groups in total. The fourth-order valence-corrected chi connectivity index (χ4v) is 5.06. The predicted molar refractivity (Wildman–Crippen MR) is 109 cm³/mol. The smallest absolute Gasteiger partial charge is 0.191 e. The Morgan fingerprint density at radius 3 is 2.73 bits per heavy atom. The number of hydrogen-bond acceptors (Lipinski definition) is 7. The number of thiazole rings is 1. The van der Waals surface area contributed by atoms with Crippen LogP contribution >= 0.6 is 34.4 Å². The predicted octanol–water partition coefficient (Wildman–Crippen LogP) is 5.23. The number of pyridine rings is 1. The van der Waals surface area contributed by atoms with E-state index in [2.05, 4.69) is 48.9 Å². The van der Waals surface area contributed by atoms with Crippen LogP contribution in [0, 0.1) is 0 Å². The fourth-order valence-electron chi connectivity index (χ4n) is 2.57. The van der Waals surface area contributed by atoms with Crippen LogP contribution in [0.1, 0.15) is 19.0 Å². The van der Waals surface area contributed by atoms with Crippen LogP contribution in [0.3, 0.4) is 0 Å². The van der Waals surface area contributed by atoms with Gasteiger partial charge >= 0.3 is 0 Å². The molecule has 4 aromatic heterocycles. The Morgan fingerprint density at radius 2 is 1.96 bits per heavy atom. The van der Waals surface area contributed by atoms with E-state index in [1.54, 1.807) is 46.8 Å². The number of thiophene rings is 1. The highest BCUT2D eigenvalue weighted by Gasteiger charge is 2.14. The van der Waals surface area contributed by atoms with Gasteiger partial charge in [-0.05, 0) is 30.0 Å². The van der Waals surface area contributed by atoms with Crippen molar-refractivity contribution in [2.24, 2.45) is 0 Å². The molecule has 0 saturated carbocycles. The van der Waals surface area contributed by atoms with Gasteiger partial charge in [0, 0.05) is 46.6 Å². The lowest BCUT2D eigenvalue weighted by Gasteiger charge is -2.08. The lowest BCUT2D eigenvalue weighted by atomic mass is 10.2. The van der Waals surface area contributed by atoms with Crippen molar-refractivity contribution in [2.45, 2.75) is 30.8 Å². The third-order valence-corrected chi connectivity index (χ3v) is 6.40. The van der Waals surface area contributed by atoms with Gasteiger partial charge in [-0.15, -0.1) is 21.5 Å². The third kappa shape index (κ3) is 3.72. The zero-order valence-electron chi connectivity index (χ0n) is 14.2. The Kier molecular flexibility index (Phi) is 5.42. The summed E-state index contributed by atoms with van der Waals surface area (Å²) < 4.78 is 2.19. The average molecular weight is 400 g/mol. The number of thioether (sulfide) groups is 1. The largest absolute Gasteiger partial charge is 0.302 e. The Hall–Kier alpha value is -2.03. The van der Waals surface area contributed by atoms with Crippen molar-refractivity contribution in [3.8, 4) is 22.0 Å². The molecular formula is C18H17N5S3. The maximum absolute atomic E-state index is 4.75. The minimum absolute atomic E-state index is 0.791. The highest BCUT2D eigenvalue weighted by molar-refractivity contribution is 7.98. The van der Waals surface area contributed by atoms with Crippen LogP contribution < -0.4 is 0 Å². The minimum atomic E-state index is 0.791. The first-order chi connectivity index (χ1) is 12.8. The van der Waals surface area contributed by atoms with Crippen molar-refractivity contribution in [2.75, 3.05) is 0 Å². The van der Waals surface area contributed by atoms with Crippen molar-refractivity contribution < 1.29 is 0 Å². The van der Waals surface area contributed by atoms with Gasteiger partial charge in [0.1, 0.15) is 5.01 Å². The molecule has 0 aliphatic rings. The van der Waals surface area contributed by atoms with E-state index in [4.69, 9.17) is 4.98 Å².